The largest absolute Gasteiger partial charge is 0.493 e. The molecular formula is C16H21ClO3. The van der Waals surface area contributed by atoms with E-state index in [2.05, 4.69) is 13.8 Å². The van der Waals surface area contributed by atoms with Gasteiger partial charge >= 0.3 is 5.97 Å². The van der Waals surface area contributed by atoms with Crippen LogP contribution in [0.4, 0.5) is 0 Å². The summed E-state index contributed by atoms with van der Waals surface area (Å²) < 4.78 is 5.76. The molecule has 0 spiro atoms. The summed E-state index contributed by atoms with van der Waals surface area (Å²) in [6.45, 7) is 8.48. The van der Waals surface area contributed by atoms with Crippen molar-refractivity contribution in [1.82, 2.24) is 0 Å². The van der Waals surface area contributed by atoms with Gasteiger partial charge in [0, 0.05) is 16.7 Å². The van der Waals surface area contributed by atoms with Crippen LogP contribution >= 0.6 is 11.6 Å². The number of ether oxygens (including phenoxy) is 1. The lowest BCUT2D eigenvalue weighted by molar-refractivity contribution is -0.131. The standard InChI is InChI=1S/C16H21ClO3/c1-5-11(7-15(18)19)14-9-12(17)8-13(10(3)4)16(14)20-6-2/h7-10H,5-6H2,1-4H3,(H,18,19)/b11-7+. The second kappa shape index (κ2) is 7.34. The molecular weight excluding hydrogens is 276 g/mol. The molecule has 0 aliphatic rings. The van der Waals surface area contributed by atoms with Crippen molar-refractivity contribution in [2.45, 2.75) is 40.0 Å². The van der Waals surface area contributed by atoms with Gasteiger partial charge in [-0.25, -0.2) is 4.79 Å². The van der Waals surface area contributed by atoms with Gasteiger partial charge in [-0.05, 0) is 42.5 Å². The highest BCUT2D eigenvalue weighted by Gasteiger charge is 2.17. The Hall–Kier alpha value is -1.48. The lowest BCUT2D eigenvalue weighted by Crippen LogP contribution is -2.03. The number of rotatable bonds is 6. The number of carboxylic acid groups (broad SMARTS) is 1. The maximum Gasteiger partial charge on any atom is 0.328 e. The number of benzene rings is 1. The number of aliphatic carboxylic acids is 1. The summed E-state index contributed by atoms with van der Waals surface area (Å²) in [6.07, 6.45) is 1.82. The Labute approximate surface area is 125 Å². The van der Waals surface area contributed by atoms with Crippen LogP contribution in [0.1, 0.15) is 51.2 Å². The fraction of sp³-hybridized carbons (Fsp3) is 0.438. The fourth-order valence-corrected chi connectivity index (χ4v) is 2.33. The van der Waals surface area contributed by atoms with Crippen LogP contribution in [0.5, 0.6) is 5.75 Å². The van der Waals surface area contributed by atoms with Gasteiger partial charge in [0.1, 0.15) is 5.75 Å². The minimum Gasteiger partial charge on any atom is -0.493 e. The van der Waals surface area contributed by atoms with Crippen molar-refractivity contribution in [1.29, 1.82) is 0 Å². The Morgan fingerprint density at radius 2 is 2.05 bits per heavy atom. The first-order chi connectivity index (χ1) is 9.40. The second-order valence-corrected chi connectivity index (χ2v) is 5.26. The first-order valence-electron chi connectivity index (χ1n) is 6.80. The number of carbonyl (C=O) groups is 1. The molecule has 0 aliphatic carbocycles. The van der Waals surface area contributed by atoms with E-state index in [1.165, 1.54) is 6.08 Å². The van der Waals surface area contributed by atoms with E-state index in [0.717, 1.165) is 16.9 Å². The summed E-state index contributed by atoms with van der Waals surface area (Å²) in [5.74, 6) is 0.0218. The maximum absolute atomic E-state index is 11.0. The molecule has 0 bridgehead atoms. The summed E-state index contributed by atoms with van der Waals surface area (Å²) in [5, 5.41) is 9.59. The lowest BCUT2D eigenvalue weighted by atomic mass is 9.94. The Bertz CT molecular complexity index is 519. The maximum atomic E-state index is 11.0. The topological polar surface area (TPSA) is 46.5 Å². The van der Waals surface area contributed by atoms with Crippen LogP contribution in [-0.4, -0.2) is 17.7 Å². The molecule has 1 aromatic rings. The van der Waals surface area contributed by atoms with Gasteiger partial charge in [-0.1, -0.05) is 32.4 Å². The zero-order valence-electron chi connectivity index (χ0n) is 12.4. The van der Waals surface area contributed by atoms with Crippen LogP contribution in [-0.2, 0) is 4.79 Å². The van der Waals surface area contributed by atoms with Crippen LogP contribution in [0.2, 0.25) is 5.02 Å². The Balaban J connectivity index is 3.54. The molecule has 4 heteroatoms. The second-order valence-electron chi connectivity index (χ2n) is 4.82. The first-order valence-corrected chi connectivity index (χ1v) is 7.18. The van der Waals surface area contributed by atoms with Crippen molar-refractivity contribution in [3.05, 3.63) is 34.4 Å². The fourth-order valence-electron chi connectivity index (χ4n) is 2.11. The van der Waals surface area contributed by atoms with Crippen molar-refractivity contribution >= 4 is 23.1 Å². The van der Waals surface area contributed by atoms with Crippen LogP contribution in [0.15, 0.2) is 18.2 Å². The minimum absolute atomic E-state index is 0.247. The van der Waals surface area contributed by atoms with Crippen LogP contribution < -0.4 is 4.74 Å². The Morgan fingerprint density at radius 3 is 2.50 bits per heavy atom. The molecule has 0 heterocycles. The highest BCUT2D eigenvalue weighted by molar-refractivity contribution is 6.31. The normalized spacial score (nSPS) is 11.8. The quantitative estimate of drug-likeness (QED) is 0.771. The van der Waals surface area contributed by atoms with Gasteiger partial charge in [0.05, 0.1) is 6.61 Å². The van der Waals surface area contributed by atoms with Crippen LogP contribution in [0.3, 0.4) is 0 Å². The molecule has 0 atom stereocenters. The number of halogens is 1. The molecule has 1 N–H and O–H groups in total. The summed E-state index contributed by atoms with van der Waals surface area (Å²) in [5.41, 5.74) is 2.48. The van der Waals surface area contributed by atoms with E-state index in [0.29, 0.717) is 23.6 Å². The molecule has 1 aromatic carbocycles. The van der Waals surface area contributed by atoms with Gasteiger partial charge in [0.15, 0.2) is 0 Å². The molecule has 0 aliphatic heterocycles. The predicted octanol–water partition coefficient (Wildman–Crippen LogP) is 4.74. The van der Waals surface area contributed by atoms with Gasteiger partial charge in [-0.3, -0.25) is 0 Å². The van der Waals surface area contributed by atoms with Gasteiger partial charge in [0.2, 0.25) is 0 Å². The van der Waals surface area contributed by atoms with Crippen molar-refractivity contribution in [2.75, 3.05) is 6.61 Å². The number of carboxylic acids is 1. The third-order valence-electron chi connectivity index (χ3n) is 3.02. The van der Waals surface area contributed by atoms with E-state index >= 15 is 0 Å². The molecule has 0 amide bonds. The molecule has 0 fully saturated rings. The zero-order valence-corrected chi connectivity index (χ0v) is 13.1. The molecule has 0 aromatic heterocycles. The summed E-state index contributed by atoms with van der Waals surface area (Å²) in [4.78, 5) is 11.0. The molecule has 0 unspecified atom stereocenters. The van der Waals surface area contributed by atoms with E-state index in [1.807, 2.05) is 19.9 Å². The van der Waals surface area contributed by atoms with Crippen LogP contribution in [0, 0.1) is 0 Å². The molecule has 0 saturated heterocycles. The smallest absolute Gasteiger partial charge is 0.328 e. The monoisotopic (exact) mass is 296 g/mol. The van der Waals surface area contributed by atoms with Gasteiger partial charge < -0.3 is 9.84 Å². The van der Waals surface area contributed by atoms with Crippen molar-refractivity contribution in [3.63, 3.8) is 0 Å². The summed E-state index contributed by atoms with van der Waals surface area (Å²) in [7, 11) is 0. The van der Waals surface area contributed by atoms with Crippen molar-refractivity contribution in [3.8, 4) is 5.75 Å². The lowest BCUT2D eigenvalue weighted by Gasteiger charge is -2.19. The van der Waals surface area contributed by atoms with Gasteiger partial charge in [-0.2, -0.15) is 0 Å². The molecule has 20 heavy (non-hydrogen) atoms. The van der Waals surface area contributed by atoms with Gasteiger partial charge in [0.25, 0.3) is 0 Å². The highest BCUT2D eigenvalue weighted by atomic mass is 35.5. The molecule has 0 saturated carbocycles. The van der Waals surface area contributed by atoms with E-state index < -0.39 is 5.97 Å². The SMILES string of the molecule is CCOc1c(/C(=C/C(=O)O)CC)cc(Cl)cc1C(C)C. The third kappa shape index (κ3) is 4.01. The van der Waals surface area contributed by atoms with E-state index in [1.54, 1.807) is 6.07 Å². The minimum atomic E-state index is -0.963. The average Bonchev–Trinajstić information content (AvgIpc) is 2.37. The molecule has 3 nitrogen and oxygen atoms in total. The Morgan fingerprint density at radius 1 is 1.40 bits per heavy atom. The summed E-state index contributed by atoms with van der Waals surface area (Å²) >= 11 is 6.17. The third-order valence-corrected chi connectivity index (χ3v) is 3.24. The molecule has 0 radical (unpaired) electrons. The van der Waals surface area contributed by atoms with Crippen molar-refractivity contribution in [2.24, 2.45) is 0 Å². The highest BCUT2D eigenvalue weighted by Crippen LogP contribution is 2.38. The van der Waals surface area contributed by atoms with Crippen molar-refractivity contribution < 1.29 is 14.6 Å². The van der Waals surface area contributed by atoms with Crippen LogP contribution in [0.25, 0.3) is 5.57 Å². The first kappa shape index (κ1) is 16.6. The Kier molecular flexibility index (Phi) is 6.08. The zero-order chi connectivity index (χ0) is 15.3. The van der Waals surface area contributed by atoms with Gasteiger partial charge in [-0.15, -0.1) is 0 Å². The van der Waals surface area contributed by atoms with E-state index in [-0.39, 0.29) is 5.92 Å². The number of hydrogen-bond acceptors (Lipinski definition) is 2. The summed E-state index contributed by atoms with van der Waals surface area (Å²) in [6, 6.07) is 3.66. The number of allylic oxidation sites excluding steroid dienone is 1. The van der Waals surface area contributed by atoms with E-state index in [9.17, 15) is 4.79 Å². The average molecular weight is 297 g/mol. The predicted molar refractivity (Wildman–Crippen MR) is 82.6 cm³/mol. The van der Waals surface area contributed by atoms with E-state index in [4.69, 9.17) is 21.4 Å². The molecule has 1 rings (SSSR count). The molecule has 110 valence electrons. The number of hydrogen-bond donors (Lipinski definition) is 1.